The molecule has 5 rings (SSSR count). The van der Waals surface area contributed by atoms with Crippen LogP contribution in [0.3, 0.4) is 0 Å². The van der Waals surface area contributed by atoms with Gasteiger partial charge in [-0.15, -0.1) is 4.57 Å². The molecule has 4 aromatic rings. The average Bonchev–Trinajstić information content (AvgIpc) is 2.61. The molecule has 0 spiro atoms. The van der Waals surface area contributed by atoms with Crippen LogP contribution in [0.2, 0.25) is 0 Å². The van der Waals surface area contributed by atoms with Crippen LogP contribution in [0.1, 0.15) is 0 Å². The molecule has 1 unspecified atom stereocenters. The smallest absolute Gasteiger partial charge is 0.206 e. The Labute approximate surface area is 135 Å². The fraction of sp³-hybridized carbons (Fsp3) is 0.0952. The zero-order valence-electron chi connectivity index (χ0n) is 13.1. The summed E-state index contributed by atoms with van der Waals surface area (Å²) in [6.45, 7) is 0.914. The number of quaternary nitrogens is 1. The fourth-order valence-electron chi connectivity index (χ4n) is 4.01. The van der Waals surface area contributed by atoms with Gasteiger partial charge in [0.2, 0.25) is 5.52 Å². The Bertz CT molecular complexity index is 1050. The highest BCUT2D eigenvalue weighted by atomic mass is 15.4. The first kappa shape index (κ1) is 12.8. The van der Waals surface area contributed by atoms with Gasteiger partial charge in [0, 0.05) is 17.5 Å². The third-order valence-corrected chi connectivity index (χ3v) is 5.15. The summed E-state index contributed by atoms with van der Waals surface area (Å²) in [6, 6.07) is 26.3. The van der Waals surface area contributed by atoms with E-state index in [-0.39, 0.29) is 0 Å². The first-order chi connectivity index (χ1) is 11.3. The number of hydrogen-bond donors (Lipinski definition) is 0. The van der Waals surface area contributed by atoms with E-state index in [1.165, 1.54) is 33.1 Å². The van der Waals surface area contributed by atoms with Gasteiger partial charge in [0.1, 0.15) is 11.1 Å². The lowest BCUT2D eigenvalue weighted by atomic mass is 10.00. The Balaban J connectivity index is 1.97. The molecular formula is C21H18N2+2. The average molecular weight is 298 g/mol. The lowest BCUT2D eigenvalue weighted by Gasteiger charge is -2.33. The van der Waals surface area contributed by atoms with Crippen molar-refractivity contribution in [2.75, 3.05) is 7.05 Å². The molecule has 1 aliphatic heterocycles. The van der Waals surface area contributed by atoms with Crippen LogP contribution < -0.4 is 9.05 Å². The summed E-state index contributed by atoms with van der Waals surface area (Å²) in [4.78, 5) is 0. The number of benzene rings is 3. The van der Waals surface area contributed by atoms with E-state index < -0.39 is 0 Å². The Kier molecular flexibility index (Phi) is 2.45. The summed E-state index contributed by atoms with van der Waals surface area (Å²) in [5.74, 6) is 0. The van der Waals surface area contributed by atoms with E-state index in [1.807, 2.05) is 0 Å². The van der Waals surface area contributed by atoms with Crippen molar-refractivity contribution >= 4 is 33.1 Å². The maximum atomic E-state index is 2.40. The van der Waals surface area contributed by atoms with Gasteiger partial charge in [-0.1, -0.05) is 36.4 Å². The molecule has 0 radical (unpaired) electrons. The van der Waals surface area contributed by atoms with Crippen LogP contribution in [-0.2, 0) is 6.67 Å². The maximum absolute atomic E-state index is 2.40. The van der Waals surface area contributed by atoms with E-state index in [9.17, 15) is 0 Å². The van der Waals surface area contributed by atoms with E-state index in [2.05, 4.69) is 90.6 Å². The standard InChI is InChI=1S/C21H18N2/c1-23(18-9-3-2-4-10-18)15-22-14-6-8-17-13-12-16-7-5-11-19(23)20(16)21(17)22/h2-14H,15H2,1H3/q+2. The second kappa shape index (κ2) is 4.40. The number of aromatic nitrogens is 1. The predicted octanol–water partition coefficient (Wildman–Crippen LogP) is 4.52. The van der Waals surface area contributed by atoms with Gasteiger partial charge in [-0.3, -0.25) is 0 Å². The van der Waals surface area contributed by atoms with Crippen LogP contribution >= 0.6 is 0 Å². The van der Waals surface area contributed by atoms with Crippen molar-refractivity contribution in [2.24, 2.45) is 0 Å². The van der Waals surface area contributed by atoms with Gasteiger partial charge in [-0.05, 0) is 29.7 Å². The zero-order chi connectivity index (χ0) is 15.4. The van der Waals surface area contributed by atoms with Crippen molar-refractivity contribution in [2.45, 2.75) is 6.67 Å². The molecule has 0 fully saturated rings. The van der Waals surface area contributed by atoms with Crippen LogP contribution in [0.25, 0.3) is 21.7 Å². The summed E-state index contributed by atoms with van der Waals surface area (Å²) in [5, 5.41) is 4.00. The molecule has 1 aliphatic rings. The number of hydrogen-bond acceptors (Lipinski definition) is 0. The molecule has 1 atom stereocenters. The summed E-state index contributed by atoms with van der Waals surface area (Å²) in [6.07, 6.45) is 2.21. The Morgan fingerprint density at radius 1 is 0.783 bits per heavy atom. The van der Waals surface area contributed by atoms with Gasteiger partial charge >= 0.3 is 0 Å². The van der Waals surface area contributed by atoms with Crippen LogP contribution in [-0.4, -0.2) is 7.05 Å². The first-order valence-corrected chi connectivity index (χ1v) is 8.03. The molecule has 23 heavy (non-hydrogen) atoms. The van der Waals surface area contributed by atoms with Crippen molar-refractivity contribution < 1.29 is 4.57 Å². The highest BCUT2D eigenvalue weighted by molar-refractivity contribution is 6.10. The minimum Gasteiger partial charge on any atom is -0.206 e. The van der Waals surface area contributed by atoms with Gasteiger partial charge in [0.15, 0.2) is 11.9 Å². The van der Waals surface area contributed by atoms with Crippen LogP contribution in [0.5, 0.6) is 0 Å². The summed E-state index contributed by atoms with van der Waals surface area (Å²) < 4.78 is 3.19. The van der Waals surface area contributed by atoms with Gasteiger partial charge < -0.3 is 0 Å². The molecule has 0 aliphatic carbocycles. The normalized spacial score (nSPS) is 19.5. The van der Waals surface area contributed by atoms with E-state index in [0.717, 1.165) is 11.2 Å². The van der Waals surface area contributed by atoms with Gasteiger partial charge in [-0.2, -0.15) is 0 Å². The molecule has 0 amide bonds. The largest absolute Gasteiger partial charge is 0.285 e. The first-order valence-electron chi connectivity index (χ1n) is 8.03. The SMILES string of the molecule is C[N+]1(c2ccccc2)C[n+]2cccc3ccc4cccc1c4c32. The minimum absolute atomic E-state index is 0.791. The zero-order valence-corrected chi connectivity index (χ0v) is 13.1. The van der Waals surface area contributed by atoms with Crippen LogP contribution in [0.15, 0.2) is 79.0 Å². The van der Waals surface area contributed by atoms with Gasteiger partial charge in [0.05, 0.1) is 7.05 Å². The molecule has 2 nitrogen and oxygen atoms in total. The van der Waals surface area contributed by atoms with Crippen molar-refractivity contribution in [1.82, 2.24) is 4.48 Å². The minimum atomic E-state index is 0.791. The lowest BCUT2D eigenvalue weighted by Crippen LogP contribution is -2.55. The molecule has 3 aromatic carbocycles. The molecule has 110 valence electrons. The van der Waals surface area contributed by atoms with E-state index in [1.54, 1.807) is 0 Å². The lowest BCUT2D eigenvalue weighted by molar-refractivity contribution is -0.686. The van der Waals surface area contributed by atoms with Crippen LogP contribution in [0.4, 0.5) is 11.4 Å². The molecule has 0 bridgehead atoms. The molecule has 2 heteroatoms. The van der Waals surface area contributed by atoms with Gasteiger partial charge in [0.25, 0.3) is 6.67 Å². The van der Waals surface area contributed by atoms with Crippen molar-refractivity contribution in [3.63, 3.8) is 0 Å². The maximum Gasteiger partial charge on any atom is 0.285 e. The molecule has 0 saturated carbocycles. The quantitative estimate of drug-likeness (QED) is 0.276. The Morgan fingerprint density at radius 2 is 1.57 bits per heavy atom. The van der Waals surface area contributed by atoms with E-state index in [0.29, 0.717) is 0 Å². The number of nitrogens with zero attached hydrogens (tertiary/aromatic N) is 2. The number of pyridine rings is 1. The second-order valence-corrected chi connectivity index (χ2v) is 6.53. The summed E-state index contributed by atoms with van der Waals surface area (Å²) in [5.41, 5.74) is 4.05. The Hall–Kier alpha value is -2.71. The topological polar surface area (TPSA) is 3.88 Å². The van der Waals surface area contributed by atoms with Gasteiger partial charge in [-0.25, -0.2) is 4.48 Å². The highest BCUT2D eigenvalue weighted by Gasteiger charge is 2.39. The summed E-state index contributed by atoms with van der Waals surface area (Å²) >= 11 is 0. The van der Waals surface area contributed by atoms with Crippen molar-refractivity contribution in [1.29, 1.82) is 0 Å². The monoisotopic (exact) mass is 298 g/mol. The van der Waals surface area contributed by atoms with Crippen LogP contribution in [0, 0.1) is 0 Å². The second-order valence-electron chi connectivity index (χ2n) is 6.53. The predicted molar refractivity (Wildman–Crippen MR) is 95.5 cm³/mol. The van der Waals surface area contributed by atoms with E-state index in [4.69, 9.17) is 0 Å². The Morgan fingerprint density at radius 3 is 2.43 bits per heavy atom. The molecular weight excluding hydrogens is 280 g/mol. The molecule has 1 aromatic heterocycles. The highest BCUT2D eigenvalue weighted by Crippen LogP contribution is 2.42. The van der Waals surface area contributed by atoms with Crippen molar-refractivity contribution in [3.8, 4) is 0 Å². The summed E-state index contributed by atoms with van der Waals surface area (Å²) in [7, 11) is 2.31. The number of para-hydroxylation sites is 1. The molecule has 0 N–H and O–H groups in total. The molecule has 0 saturated heterocycles. The van der Waals surface area contributed by atoms with Crippen molar-refractivity contribution in [3.05, 3.63) is 79.0 Å². The number of rotatable bonds is 1. The third kappa shape index (κ3) is 1.64. The van der Waals surface area contributed by atoms with E-state index >= 15 is 0 Å². The molecule has 2 heterocycles. The third-order valence-electron chi connectivity index (χ3n) is 5.15. The fourth-order valence-corrected chi connectivity index (χ4v) is 4.01.